The van der Waals surface area contributed by atoms with Crippen LogP contribution < -0.4 is 5.32 Å². The number of nitrogens with zero attached hydrogens (tertiary/aromatic N) is 1. The van der Waals surface area contributed by atoms with Gasteiger partial charge in [0, 0.05) is 18.5 Å². The summed E-state index contributed by atoms with van der Waals surface area (Å²) < 4.78 is 0. The van der Waals surface area contributed by atoms with Crippen molar-refractivity contribution >= 4 is 0 Å². The van der Waals surface area contributed by atoms with Crippen LogP contribution in [-0.4, -0.2) is 42.3 Å². The number of piperidine rings is 1. The minimum Gasteiger partial charge on any atom is -0.392 e. The van der Waals surface area contributed by atoms with Gasteiger partial charge in [-0.05, 0) is 37.1 Å². The van der Waals surface area contributed by atoms with E-state index in [9.17, 15) is 5.11 Å². The normalized spacial score (nSPS) is 27.8. The third-order valence-corrected chi connectivity index (χ3v) is 5.79. The van der Waals surface area contributed by atoms with Crippen molar-refractivity contribution < 1.29 is 5.11 Å². The molecule has 24 heavy (non-hydrogen) atoms. The largest absolute Gasteiger partial charge is 0.392 e. The summed E-state index contributed by atoms with van der Waals surface area (Å²) in [5.74, 6) is 0. The van der Waals surface area contributed by atoms with Crippen LogP contribution in [0.4, 0.5) is 0 Å². The van der Waals surface area contributed by atoms with Gasteiger partial charge >= 0.3 is 0 Å². The number of aliphatic hydroxyl groups excluding tert-OH is 1. The maximum Gasteiger partial charge on any atom is 0.0633 e. The predicted octanol–water partition coefficient (Wildman–Crippen LogP) is 2.82. The topological polar surface area (TPSA) is 35.5 Å². The highest BCUT2D eigenvalue weighted by Gasteiger charge is 2.46. The maximum atomic E-state index is 10.6. The Morgan fingerprint density at radius 2 is 1.62 bits per heavy atom. The van der Waals surface area contributed by atoms with Gasteiger partial charge in [-0.15, -0.1) is 0 Å². The van der Waals surface area contributed by atoms with E-state index in [1.807, 2.05) is 0 Å². The molecule has 2 atom stereocenters. The lowest BCUT2D eigenvalue weighted by atomic mass is 9.77. The van der Waals surface area contributed by atoms with Crippen LogP contribution in [-0.2, 0) is 0 Å². The highest BCUT2D eigenvalue weighted by molar-refractivity contribution is 5.32. The van der Waals surface area contributed by atoms with Gasteiger partial charge in [0.2, 0.25) is 0 Å². The molecule has 4 rings (SSSR count). The number of benzene rings is 2. The Balaban J connectivity index is 1.65. The number of nitrogens with one attached hydrogen (secondary N) is 1. The molecule has 2 aromatic rings. The molecule has 2 aliphatic heterocycles. The zero-order valence-electron chi connectivity index (χ0n) is 14.1. The predicted molar refractivity (Wildman–Crippen MR) is 96.8 cm³/mol. The monoisotopic (exact) mass is 322 g/mol. The van der Waals surface area contributed by atoms with Crippen LogP contribution in [0.25, 0.3) is 0 Å². The molecule has 3 nitrogen and oxygen atoms in total. The van der Waals surface area contributed by atoms with E-state index in [-0.39, 0.29) is 17.6 Å². The molecule has 0 saturated carbocycles. The molecule has 126 valence electrons. The molecule has 2 aliphatic rings. The Labute approximate surface area is 144 Å². The molecule has 0 radical (unpaired) electrons. The third-order valence-electron chi connectivity index (χ3n) is 5.79. The number of hydrogen-bond acceptors (Lipinski definition) is 3. The van der Waals surface area contributed by atoms with Gasteiger partial charge in [0.15, 0.2) is 0 Å². The molecule has 1 spiro atoms. The van der Waals surface area contributed by atoms with Crippen molar-refractivity contribution in [2.45, 2.75) is 25.0 Å². The first-order valence-corrected chi connectivity index (χ1v) is 9.01. The minimum atomic E-state index is -0.184. The molecule has 0 bridgehead atoms. The first kappa shape index (κ1) is 15.8. The molecular formula is C21H26N2O. The Morgan fingerprint density at radius 3 is 2.21 bits per heavy atom. The van der Waals surface area contributed by atoms with Crippen LogP contribution in [0.5, 0.6) is 0 Å². The van der Waals surface area contributed by atoms with E-state index in [1.165, 1.54) is 11.1 Å². The highest BCUT2D eigenvalue weighted by atomic mass is 16.3. The van der Waals surface area contributed by atoms with Gasteiger partial charge in [-0.1, -0.05) is 60.7 Å². The SMILES string of the molecule is OC1CCNCC12CCN(C(c1ccccc1)c1ccccc1)C2. The summed E-state index contributed by atoms with van der Waals surface area (Å²) in [4.78, 5) is 2.56. The van der Waals surface area contributed by atoms with Gasteiger partial charge in [0.05, 0.1) is 12.1 Å². The van der Waals surface area contributed by atoms with Gasteiger partial charge in [-0.25, -0.2) is 0 Å². The summed E-state index contributed by atoms with van der Waals surface area (Å²) in [5.41, 5.74) is 2.68. The summed E-state index contributed by atoms with van der Waals surface area (Å²) in [6.45, 7) is 3.85. The fraction of sp³-hybridized carbons (Fsp3) is 0.429. The number of aliphatic hydroxyl groups is 1. The van der Waals surface area contributed by atoms with Crippen molar-refractivity contribution in [2.75, 3.05) is 26.2 Å². The summed E-state index contributed by atoms with van der Waals surface area (Å²) in [6, 6.07) is 21.8. The van der Waals surface area contributed by atoms with Crippen molar-refractivity contribution in [1.82, 2.24) is 10.2 Å². The lowest BCUT2D eigenvalue weighted by molar-refractivity contribution is 0.00381. The van der Waals surface area contributed by atoms with Crippen LogP contribution in [0.3, 0.4) is 0 Å². The molecule has 0 aliphatic carbocycles. The first-order chi connectivity index (χ1) is 11.8. The van der Waals surface area contributed by atoms with Gasteiger partial charge in [0.25, 0.3) is 0 Å². The lowest BCUT2D eigenvalue weighted by Gasteiger charge is -2.39. The van der Waals surface area contributed by atoms with Crippen LogP contribution in [0, 0.1) is 5.41 Å². The van der Waals surface area contributed by atoms with Crippen LogP contribution in [0.2, 0.25) is 0 Å². The van der Waals surface area contributed by atoms with E-state index in [0.717, 1.165) is 39.0 Å². The Kier molecular flexibility index (Phi) is 4.40. The maximum absolute atomic E-state index is 10.6. The average Bonchev–Trinajstić information content (AvgIpc) is 3.05. The molecule has 2 aromatic carbocycles. The Bertz CT molecular complexity index is 621. The lowest BCUT2D eigenvalue weighted by Crippen LogP contribution is -2.51. The van der Waals surface area contributed by atoms with Gasteiger partial charge in [-0.2, -0.15) is 0 Å². The van der Waals surface area contributed by atoms with Gasteiger partial charge in [0.1, 0.15) is 0 Å². The van der Waals surface area contributed by atoms with Crippen LogP contribution >= 0.6 is 0 Å². The van der Waals surface area contributed by atoms with Crippen molar-refractivity contribution in [3.63, 3.8) is 0 Å². The average molecular weight is 322 g/mol. The summed E-state index contributed by atoms with van der Waals surface area (Å²) in [5, 5.41) is 14.1. The molecule has 3 heteroatoms. The molecule has 0 aromatic heterocycles. The molecule has 2 unspecified atom stereocenters. The quantitative estimate of drug-likeness (QED) is 0.912. The summed E-state index contributed by atoms with van der Waals surface area (Å²) in [7, 11) is 0. The van der Waals surface area contributed by atoms with Crippen molar-refractivity contribution in [1.29, 1.82) is 0 Å². The zero-order valence-corrected chi connectivity index (χ0v) is 14.1. The zero-order chi connectivity index (χ0) is 16.4. The van der Waals surface area contributed by atoms with Crippen LogP contribution in [0.15, 0.2) is 60.7 Å². The Hall–Kier alpha value is -1.68. The van der Waals surface area contributed by atoms with Gasteiger partial charge in [-0.3, -0.25) is 4.90 Å². The van der Waals surface area contributed by atoms with E-state index in [2.05, 4.69) is 70.9 Å². The van der Waals surface area contributed by atoms with Gasteiger partial charge < -0.3 is 10.4 Å². The second-order valence-corrected chi connectivity index (χ2v) is 7.29. The number of hydrogen-bond donors (Lipinski definition) is 2. The standard InChI is InChI=1S/C21H26N2O/c24-19-11-13-22-15-21(19)12-14-23(16-21)20(17-7-3-1-4-8-17)18-9-5-2-6-10-18/h1-10,19-20,22,24H,11-16H2. The number of likely N-dealkylation sites (tertiary alicyclic amines) is 1. The van der Waals surface area contributed by atoms with Crippen LogP contribution in [0.1, 0.15) is 30.0 Å². The van der Waals surface area contributed by atoms with Crippen molar-refractivity contribution in [2.24, 2.45) is 5.41 Å². The molecule has 2 heterocycles. The fourth-order valence-electron chi connectivity index (χ4n) is 4.45. The highest BCUT2D eigenvalue weighted by Crippen LogP contribution is 2.42. The molecule has 2 saturated heterocycles. The second kappa shape index (κ2) is 6.67. The molecule has 0 amide bonds. The summed E-state index contributed by atoms with van der Waals surface area (Å²) >= 11 is 0. The van der Waals surface area contributed by atoms with E-state index >= 15 is 0 Å². The second-order valence-electron chi connectivity index (χ2n) is 7.29. The van der Waals surface area contributed by atoms with Crippen molar-refractivity contribution in [3.05, 3.63) is 71.8 Å². The molecule has 2 fully saturated rings. The van der Waals surface area contributed by atoms with E-state index in [1.54, 1.807) is 0 Å². The van der Waals surface area contributed by atoms with E-state index in [4.69, 9.17) is 0 Å². The fourth-order valence-corrected chi connectivity index (χ4v) is 4.45. The Morgan fingerprint density at radius 1 is 1.00 bits per heavy atom. The number of rotatable bonds is 3. The molecular weight excluding hydrogens is 296 g/mol. The van der Waals surface area contributed by atoms with Crippen molar-refractivity contribution in [3.8, 4) is 0 Å². The first-order valence-electron chi connectivity index (χ1n) is 9.01. The van der Waals surface area contributed by atoms with E-state index < -0.39 is 0 Å². The van der Waals surface area contributed by atoms with E-state index in [0.29, 0.717) is 0 Å². The smallest absolute Gasteiger partial charge is 0.0633 e. The third kappa shape index (κ3) is 2.88. The summed E-state index contributed by atoms with van der Waals surface area (Å²) in [6.07, 6.45) is 1.75. The molecule has 2 N–H and O–H groups in total. The minimum absolute atomic E-state index is 0.0139.